The topological polar surface area (TPSA) is 30.5 Å². The molecule has 3 nitrogen and oxygen atoms in total. The number of para-hydroxylation sites is 2. The lowest BCUT2D eigenvalue weighted by atomic mass is 9.83. The van der Waals surface area contributed by atoms with Crippen molar-refractivity contribution in [3.63, 3.8) is 0 Å². The van der Waals surface area contributed by atoms with Crippen LogP contribution in [0.25, 0.3) is 0 Å². The third-order valence-corrected chi connectivity index (χ3v) is 4.10. The van der Waals surface area contributed by atoms with Gasteiger partial charge < -0.3 is 14.8 Å². The smallest absolute Gasteiger partial charge is 0.161 e. The molecule has 1 saturated carbocycles. The van der Waals surface area contributed by atoms with Gasteiger partial charge in [0.05, 0.1) is 13.7 Å². The fraction of sp³-hybridized carbons (Fsp3) is 0.625. The molecule has 1 aromatic rings. The van der Waals surface area contributed by atoms with Gasteiger partial charge in [-0.3, -0.25) is 0 Å². The Morgan fingerprint density at radius 2 is 1.89 bits per heavy atom. The average molecular weight is 263 g/mol. The van der Waals surface area contributed by atoms with Gasteiger partial charge in [0, 0.05) is 6.04 Å². The predicted molar refractivity (Wildman–Crippen MR) is 77.9 cm³/mol. The summed E-state index contributed by atoms with van der Waals surface area (Å²) in [7, 11) is 3.75. The van der Waals surface area contributed by atoms with E-state index < -0.39 is 0 Å². The van der Waals surface area contributed by atoms with Crippen molar-refractivity contribution in [3.8, 4) is 11.5 Å². The molecule has 0 saturated heterocycles. The van der Waals surface area contributed by atoms with E-state index in [1.165, 1.54) is 25.7 Å². The van der Waals surface area contributed by atoms with Crippen molar-refractivity contribution in [1.82, 2.24) is 5.32 Å². The predicted octanol–water partition coefficient (Wildman–Crippen LogP) is 3.24. The van der Waals surface area contributed by atoms with Crippen LogP contribution in [0.15, 0.2) is 24.3 Å². The molecule has 1 N–H and O–H groups in total. The van der Waals surface area contributed by atoms with Crippen molar-refractivity contribution in [1.29, 1.82) is 0 Å². The van der Waals surface area contributed by atoms with Crippen LogP contribution in [0.5, 0.6) is 11.5 Å². The fourth-order valence-corrected chi connectivity index (χ4v) is 2.99. The summed E-state index contributed by atoms with van der Waals surface area (Å²) in [6.45, 7) is 0.767. The summed E-state index contributed by atoms with van der Waals surface area (Å²) in [5.41, 5.74) is 0. The molecule has 2 unspecified atom stereocenters. The second kappa shape index (κ2) is 7.39. The van der Waals surface area contributed by atoms with Crippen LogP contribution in [0.2, 0.25) is 0 Å². The van der Waals surface area contributed by atoms with E-state index in [1.54, 1.807) is 7.11 Å². The number of methoxy groups -OCH3 is 1. The number of benzene rings is 1. The average Bonchev–Trinajstić information content (AvgIpc) is 2.48. The van der Waals surface area contributed by atoms with Gasteiger partial charge in [-0.2, -0.15) is 0 Å². The minimum absolute atomic E-state index is 0.662. The minimum Gasteiger partial charge on any atom is -0.493 e. The van der Waals surface area contributed by atoms with Crippen LogP contribution in [0.3, 0.4) is 0 Å². The third kappa shape index (κ3) is 3.87. The molecule has 1 fully saturated rings. The van der Waals surface area contributed by atoms with Crippen LogP contribution in [0, 0.1) is 5.92 Å². The Morgan fingerprint density at radius 1 is 1.16 bits per heavy atom. The van der Waals surface area contributed by atoms with Gasteiger partial charge in [-0.25, -0.2) is 0 Å². The van der Waals surface area contributed by atoms with E-state index >= 15 is 0 Å². The molecule has 0 aromatic heterocycles. The highest BCUT2D eigenvalue weighted by molar-refractivity contribution is 5.39. The van der Waals surface area contributed by atoms with Crippen LogP contribution in [0.1, 0.15) is 32.1 Å². The molecule has 19 heavy (non-hydrogen) atoms. The monoisotopic (exact) mass is 263 g/mol. The first-order valence-electron chi connectivity index (χ1n) is 7.28. The van der Waals surface area contributed by atoms with Crippen LogP contribution in [-0.2, 0) is 0 Å². The molecule has 1 aromatic carbocycles. The summed E-state index contributed by atoms with van der Waals surface area (Å²) in [5, 5.41) is 3.44. The van der Waals surface area contributed by atoms with Crippen LogP contribution >= 0.6 is 0 Å². The number of ether oxygens (including phenoxy) is 2. The Balaban J connectivity index is 1.82. The molecule has 3 heteroatoms. The van der Waals surface area contributed by atoms with Gasteiger partial charge in [0.25, 0.3) is 0 Å². The van der Waals surface area contributed by atoms with Gasteiger partial charge in [-0.05, 0) is 44.4 Å². The Labute approximate surface area is 116 Å². The lowest BCUT2D eigenvalue weighted by Gasteiger charge is -2.31. The number of hydrogen-bond acceptors (Lipinski definition) is 3. The highest BCUT2D eigenvalue weighted by atomic mass is 16.5. The van der Waals surface area contributed by atoms with Gasteiger partial charge in [0.2, 0.25) is 0 Å². The van der Waals surface area contributed by atoms with Gasteiger partial charge in [0.15, 0.2) is 11.5 Å². The second-order valence-corrected chi connectivity index (χ2v) is 5.23. The van der Waals surface area contributed by atoms with Crippen LogP contribution in [-0.4, -0.2) is 26.8 Å². The lowest BCUT2D eigenvalue weighted by Crippen LogP contribution is -2.36. The van der Waals surface area contributed by atoms with Gasteiger partial charge in [-0.1, -0.05) is 25.0 Å². The zero-order valence-corrected chi connectivity index (χ0v) is 12.0. The highest BCUT2D eigenvalue weighted by Gasteiger charge is 2.23. The van der Waals surface area contributed by atoms with Crippen LogP contribution in [0.4, 0.5) is 0 Å². The van der Waals surface area contributed by atoms with Gasteiger partial charge in [0.1, 0.15) is 0 Å². The molecule has 1 aliphatic carbocycles. The van der Waals surface area contributed by atoms with Gasteiger partial charge >= 0.3 is 0 Å². The molecule has 2 atom stereocenters. The van der Waals surface area contributed by atoms with E-state index in [1.807, 2.05) is 24.3 Å². The summed E-state index contributed by atoms with van der Waals surface area (Å²) in [4.78, 5) is 0. The third-order valence-electron chi connectivity index (χ3n) is 4.10. The fourth-order valence-electron chi connectivity index (χ4n) is 2.99. The van der Waals surface area contributed by atoms with Crippen molar-refractivity contribution in [2.24, 2.45) is 5.92 Å². The summed E-state index contributed by atoms with van der Waals surface area (Å²) >= 11 is 0. The van der Waals surface area contributed by atoms with Crippen molar-refractivity contribution >= 4 is 0 Å². The SMILES string of the molecule is CNC1CCCCC1CCOc1ccccc1OC. The molecular weight excluding hydrogens is 238 g/mol. The van der Waals surface area contributed by atoms with E-state index in [2.05, 4.69) is 12.4 Å². The molecule has 0 bridgehead atoms. The molecule has 0 amide bonds. The maximum atomic E-state index is 5.87. The van der Waals surface area contributed by atoms with Crippen molar-refractivity contribution < 1.29 is 9.47 Å². The van der Waals surface area contributed by atoms with Crippen LogP contribution < -0.4 is 14.8 Å². The van der Waals surface area contributed by atoms with E-state index in [9.17, 15) is 0 Å². The van der Waals surface area contributed by atoms with E-state index in [0.29, 0.717) is 6.04 Å². The summed E-state index contributed by atoms with van der Waals surface area (Å²) in [5.74, 6) is 2.41. The summed E-state index contributed by atoms with van der Waals surface area (Å²) in [6, 6.07) is 8.51. The van der Waals surface area contributed by atoms with Crippen molar-refractivity contribution in [2.75, 3.05) is 20.8 Å². The number of nitrogens with one attached hydrogen (secondary N) is 1. The molecule has 1 aliphatic rings. The molecule has 0 spiro atoms. The summed E-state index contributed by atoms with van der Waals surface area (Å²) in [6.07, 6.45) is 6.45. The first-order valence-corrected chi connectivity index (χ1v) is 7.28. The van der Waals surface area contributed by atoms with E-state index in [-0.39, 0.29) is 0 Å². The van der Waals surface area contributed by atoms with Gasteiger partial charge in [-0.15, -0.1) is 0 Å². The quantitative estimate of drug-likeness (QED) is 0.854. The minimum atomic E-state index is 0.662. The van der Waals surface area contributed by atoms with E-state index in [4.69, 9.17) is 9.47 Å². The first kappa shape index (κ1) is 14.2. The van der Waals surface area contributed by atoms with E-state index in [0.717, 1.165) is 30.4 Å². The molecular formula is C16H25NO2. The number of rotatable bonds is 6. The molecule has 0 radical (unpaired) electrons. The maximum absolute atomic E-state index is 5.87. The highest BCUT2D eigenvalue weighted by Crippen LogP contribution is 2.29. The second-order valence-electron chi connectivity index (χ2n) is 5.23. The normalized spacial score (nSPS) is 23.1. The largest absolute Gasteiger partial charge is 0.493 e. The molecule has 0 heterocycles. The zero-order chi connectivity index (χ0) is 13.5. The first-order chi connectivity index (χ1) is 9.35. The van der Waals surface area contributed by atoms with Crippen molar-refractivity contribution in [3.05, 3.63) is 24.3 Å². The lowest BCUT2D eigenvalue weighted by molar-refractivity contribution is 0.206. The summed E-state index contributed by atoms with van der Waals surface area (Å²) < 4.78 is 11.2. The Hall–Kier alpha value is -1.22. The Bertz CT molecular complexity index is 381. The Morgan fingerprint density at radius 3 is 2.63 bits per heavy atom. The number of hydrogen-bond donors (Lipinski definition) is 1. The Kier molecular flexibility index (Phi) is 5.52. The molecule has 2 rings (SSSR count). The zero-order valence-electron chi connectivity index (χ0n) is 12.0. The molecule has 0 aliphatic heterocycles. The standard InChI is InChI=1S/C16H25NO2/c1-17-14-8-4-3-7-13(14)11-12-19-16-10-6-5-9-15(16)18-2/h5-6,9-10,13-14,17H,3-4,7-8,11-12H2,1-2H3. The molecule has 106 valence electrons. The van der Waals surface area contributed by atoms with Crippen molar-refractivity contribution in [2.45, 2.75) is 38.1 Å². The maximum Gasteiger partial charge on any atom is 0.161 e.